The van der Waals surface area contributed by atoms with E-state index in [1.807, 2.05) is 32.0 Å². The summed E-state index contributed by atoms with van der Waals surface area (Å²) in [6.45, 7) is 9.28. The molecule has 27 heavy (non-hydrogen) atoms. The Balaban J connectivity index is 1.98. The molecule has 0 amide bonds. The maximum Gasteiger partial charge on any atom is 0.191 e. The van der Waals surface area contributed by atoms with E-state index in [9.17, 15) is 5.11 Å². The zero-order valence-electron chi connectivity index (χ0n) is 16.9. The van der Waals surface area contributed by atoms with Gasteiger partial charge in [0.05, 0.1) is 13.7 Å². The molecule has 0 radical (unpaired) electrons. The number of methoxy groups -OCH3 is 1. The smallest absolute Gasteiger partial charge is 0.191 e. The standard InChI is InChI=1S/C21H31N3O3/c1-6-22-20(24-14-21(4,25)19-10-8-16(3)27-19)23-12-11-17-13-15(2)7-9-18(17)26-5/h7-10,13,25H,6,11-12,14H2,1-5H3,(H2,22,23,24). The molecular formula is C21H31N3O3. The number of aryl methyl sites for hydroxylation is 2. The van der Waals surface area contributed by atoms with Crippen LogP contribution in [0, 0.1) is 13.8 Å². The molecule has 1 unspecified atom stereocenters. The van der Waals surface area contributed by atoms with Gasteiger partial charge in [-0.2, -0.15) is 0 Å². The molecule has 0 saturated carbocycles. The third-order valence-electron chi connectivity index (χ3n) is 4.28. The molecule has 3 N–H and O–H groups in total. The quantitative estimate of drug-likeness (QED) is 0.490. The largest absolute Gasteiger partial charge is 0.496 e. The zero-order chi connectivity index (χ0) is 19.9. The molecule has 6 heteroatoms. The van der Waals surface area contributed by atoms with E-state index in [-0.39, 0.29) is 6.54 Å². The van der Waals surface area contributed by atoms with Crippen LogP contribution in [-0.4, -0.2) is 37.8 Å². The van der Waals surface area contributed by atoms with Crippen LogP contribution in [-0.2, 0) is 12.0 Å². The van der Waals surface area contributed by atoms with Crippen molar-refractivity contribution in [2.24, 2.45) is 4.99 Å². The third-order valence-corrected chi connectivity index (χ3v) is 4.28. The van der Waals surface area contributed by atoms with Gasteiger partial charge >= 0.3 is 0 Å². The van der Waals surface area contributed by atoms with Crippen molar-refractivity contribution in [2.45, 2.75) is 39.7 Å². The fourth-order valence-electron chi connectivity index (χ4n) is 2.79. The molecule has 0 saturated heterocycles. The highest BCUT2D eigenvalue weighted by Gasteiger charge is 2.26. The third kappa shape index (κ3) is 6.03. The number of aliphatic imine (C=N–C) groups is 1. The van der Waals surface area contributed by atoms with Crippen LogP contribution in [0.1, 0.15) is 36.5 Å². The Kier molecular flexibility index (Phi) is 7.30. The van der Waals surface area contributed by atoms with Crippen molar-refractivity contribution in [1.29, 1.82) is 0 Å². The van der Waals surface area contributed by atoms with Crippen LogP contribution < -0.4 is 15.4 Å². The number of guanidine groups is 1. The number of benzene rings is 1. The summed E-state index contributed by atoms with van der Waals surface area (Å²) in [6.07, 6.45) is 0.809. The summed E-state index contributed by atoms with van der Waals surface area (Å²) in [7, 11) is 1.69. The van der Waals surface area contributed by atoms with Gasteiger partial charge in [0, 0.05) is 13.1 Å². The fraction of sp³-hybridized carbons (Fsp3) is 0.476. The molecule has 0 spiro atoms. The summed E-state index contributed by atoms with van der Waals surface area (Å²) in [5.74, 6) is 2.84. The monoisotopic (exact) mass is 373 g/mol. The molecule has 1 heterocycles. The Morgan fingerprint density at radius 3 is 2.63 bits per heavy atom. The van der Waals surface area contributed by atoms with Crippen molar-refractivity contribution >= 4 is 5.96 Å². The van der Waals surface area contributed by atoms with Crippen molar-refractivity contribution in [3.8, 4) is 5.75 Å². The average molecular weight is 373 g/mol. The molecule has 6 nitrogen and oxygen atoms in total. The fourth-order valence-corrected chi connectivity index (χ4v) is 2.79. The minimum absolute atomic E-state index is 0.197. The molecule has 1 aromatic heterocycles. The van der Waals surface area contributed by atoms with Gasteiger partial charge in [0.15, 0.2) is 5.96 Å². The Morgan fingerprint density at radius 1 is 1.22 bits per heavy atom. The van der Waals surface area contributed by atoms with Crippen molar-refractivity contribution in [2.75, 3.05) is 26.7 Å². The Bertz CT molecular complexity index is 766. The predicted molar refractivity (Wildman–Crippen MR) is 108 cm³/mol. The molecule has 0 bridgehead atoms. The summed E-state index contributed by atoms with van der Waals surface area (Å²) >= 11 is 0. The number of ether oxygens (including phenoxy) is 1. The molecule has 0 aliphatic carbocycles. The second-order valence-corrected chi connectivity index (χ2v) is 6.87. The van der Waals surface area contributed by atoms with E-state index in [4.69, 9.17) is 9.15 Å². The predicted octanol–water partition coefficient (Wildman–Crippen LogP) is 2.91. The minimum Gasteiger partial charge on any atom is -0.496 e. The first-order valence-electron chi connectivity index (χ1n) is 9.30. The number of hydrogen-bond donors (Lipinski definition) is 3. The molecule has 0 aliphatic rings. The number of nitrogens with one attached hydrogen (secondary N) is 2. The average Bonchev–Trinajstić information content (AvgIpc) is 3.07. The molecule has 1 atom stereocenters. The van der Waals surface area contributed by atoms with Crippen LogP contribution in [0.15, 0.2) is 39.7 Å². The van der Waals surface area contributed by atoms with Crippen LogP contribution in [0.4, 0.5) is 0 Å². The molecule has 0 aliphatic heterocycles. The van der Waals surface area contributed by atoms with Gasteiger partial charge in [0.25, 0.3) is 0 Å². The SMILES string of the molecule is CCNC(=NCC(C)(O)c1ccc(C)o1)NCCc1cc(C)ccc1OC. The molecular weight excluding hydrogens is 342 g/mol. The van der Waals surface area contributed by atoms with Gasteiger partial charge in [-0.25, -0.2) is 4.99 Å². The number of hydrogen-bond acceptors (Lipinski definition) is 4. The molecule has 148 valence electrons. The van der Waals surface area contributed by atoms with Gasteiger partial charge in [-0.1, -0.05) is 17.7 Å². The number of aliphatic hydroxyl groups is 1. The van der Waals surface area contributed by atoms with Crippen molar-refractivity contribution in [1.82, 2.24) is 10.6 Å². The van der Waals surface area contributed by atoms with Crippen molar-refractivity contribution < 1.29 is 14.3 Å². The van der Waals surface area contributed by atoms with Crippen molar-refractivity contribution in [3.05, 3.63) is 53.0 Å². The normalized spacial score (nSPS) is 13.9. The van der Waals surface area contributed by atoms with E-state index in [1.54, 1.807) is 20.1 Å². The van der Waals surface area contributed by atoms with Gasteiger partial charge in [0.1, 0.15) is 22.9 Å². The zero-order valence-corrected chi connectivity index (χ0v) is 16.9. The van der Waals surface area contributed by atoms with Crippen LogP contribution in [0.5, 0.6) is 5.75 Å². The van der Waals surface area contributed by atoms with Gasteiger partial charge in [-0.3, -0.25) is 0 Å². The first-order valence-corrected chi connectivity index (χ1v) is 9.30. The Labute approximate surface area is 161 Å². The Morgan fingerprint density at radius 2 is 2.00 bits per heavy atom. The maximum absolute atomic E-state index is 10.6. The summed E-state index contributed by atoms with van der Waals surface area (Å²) in [6, 6.07) is 9.79. The lowest BCUT2D eigenvalue weighted by Gasteiger charge is -2.20. The van der Waals surface area contributed by atoms with Crippen molar-refractivity contribution in [3.63, 3.8) is 0 Å². The second kappa shape index (κ2) is 9.46. The van der Waals surface area contributed by atoms with E-state index in [1.165, 1.54) is 5.56 Å². The van der Waals surface area contributed by atoms with Gasteiger partial charge in [-0.15, -0.1) is 0 Å². The summed E-state index contributed by atoms with van der Waals surface area (Å²) in [4.78, 5) is 4.52. The highest BCUT2D eigenvalue weighted by molar-refractivity contribution is 5.79. The summed E-state index contributed by atoms with van der Waals surface area (Å²) in [5.41, 5.74) is 1.20. The Hall–Kier alpha value is -2.47. The van der Waals surface area contributed by atoms with E-state index >= 15 is 0 Å². The van der Waals surface area contributed by atoms with Crippen LogP contribution >= 0.6 is 0 Å². The van der Waals surface area contributed by atoms with Crippen LogP contribution in [0.3, 0.4) is 0 Å². The van der Waals surface area contributed by atoms with Gasteiger partial charge < -0.3 is 24.9 Å². The molecule has 0 fully saturated rings. The van der Waals surface area contributed by atoms with Gasteiger partial charge in [0.2, 0.25) is 0 Å². The lowest BCUT2D eigenvalue weighted by atomic mass is 10.0. The molecule has 2 aromatic rings. The first kappa shape index (κ1) is 20.8. The lowest BCUT2D eigenvalue weighted by Crippen LogP contribution is -2.39. The van der Waals surface area contributed by atoms with E-state index in [2.05, 4.69) is 28.6 Å². The highest BCUT2D eigenvalue weighted by atomic mass is 16.5. The molecule has 1 aromatic carbocycles. The number of rotatable bonds is 8. The minimum atomic E-state index is -1.16. The lowest BCUT2D eigenvalue weighted by molar-refractivity contribution is 0.0428. The van der Waals surface area contributed by atoms with Crippen LogP contribution in [0.25, 0.3) is 0 Å². The van der Waals surface area contributed by atoms with E-state index < -0.39 is 5.60 Å². The van der Waals surface area contributed by atoms with Crippen LogP contribution in [0.2, 0.25) is 0 Å². The number of nitrogens with zero attached hydrogens (tertiary/aromatic N) is 1. The summed E-state index contributed by atoms with van der Waals surface area (Å²) < 4.78 is 11.0. The van der Waals surface area contributed by atoms with Gasteiger partial charge in [-0.05, 0) is 57.9 Å². The first-order chi connectivity index (χ1) is 12.9. The topological polar surface area (TPSA) is 79.0 Å². The number of furan rings is 1. The highest BCUT2D eigenvalue weighted by Crippen LogP contribution is 2.23. The molecule has 2 rings (SSSR count). The summed E-state index contributed by atoms with van der Waals surface area (Å²) in [5, 5.41) is 17.2. The second-order valence-electron chi connectivity index (χ2n) is 6.87. The van der Waals surface area contributed by atoms with E-state index in [0.717, 1.165) is 30.0 Å². The van der Waals surface area contributed by atoms with E-state index in [0.29, 0.717) is 18.3 Å². The maximum atomic E-state index is 10.6.